The molecule has 0 saturated carbocycles. The second kappa shape index (κ2) is 13.0. The Balaban J connectivity index is 0.00000341. The van der Waals surface area contributed by atoms with Crippen LogP contribution in [0.15, 0.2) is 47.7 Å². The lowest BCUT2D eigenvalue weighted by Crippen LogP contribution is -2.53. The molecule has 3 rings (SSSR count). The number of nitrogens with one attached hydrogen (secondary N) is 2. The lowest BCUT2D eigenvalue weighted by Gasteiger charge is -2.36. The van der Waals surface area contributed by atoms with E-state index in [9.17, 15) is 9.18 Å². The first-order valence-corrected chi connectivity index (χ1v) is 10.2. The zero-order valence-electron chi connectivity index (χ0n) is 17.6. The maximum Gasteiger partial charge on any atom is 0.225 e. The molecule has 2 N–H and O–H groups in total. The van der Waals surface area contributed by atoms with E-state index < -0.39 is 0 Å². The number of hydrogen-bond donors (Lipinski definition) is 2. The van der Waals surface area contributed by atoms with E-state index >= 15 is 0 Å². The normalized spacial score (nSPS) is 14.1. The highest BCUT2D eigenvalue weighted by Gasteiger charge is 2.20. The quantitative estimate of drug-likeness (QED) is 0.240. The van der Waals surface area contributed by atoms with Crippen LogP contribution in [-0.4, -0.2) is 72.5 Å². The maximum atomic E-state index is 12.9. The predicted molar refractivity (Wildman–Crippen MR) is 130 cm³/mol. The minimum atomic E-state index is -0.304. The average Bonchev–Trinajstić information content (AvgIpc) is 2.78. The van der Waals surface area contributed by atoms with Gasteiger partial charge in [-0.3, -0.25) is 9.79 Å². The number of hydrogen-bond acceptors (Lipinski definition) is 5. The number of aliphatic imine (C=N–C) groups is 1. The van der Waals surface area contributed by atoms with E-state index in [1.165, 1.54) is 12.1 Å². The fourth-order valence-electron chi connectivity index (χ4n) is 3.21. The summed E-state index contributed by atoms with van der Waals surface area (Å²) in [5.74, 6) is 1.20. The summed E-state index contributed by atoms with van der Waals surface area (Å²) in [6.07, 6.45) is 3.74. The highest BCUT2D eigenvalue weighted by molar-refractivity contribution is 14.0. The summed E-state index contributed by atoms with van der Waals surface area (Å²) in [5.41, 5.74) is 0.783. The third-order valence-electron chi connectivity index (χ3n) is 4.72. The van der Waals surface area contributed by atoms with E-state index in [-0.39, 0.29) is 42.1 Å². The zero-order chi connectivity index (χ0) is 21.2. The molecular formula is C21H29FIN7O. The molecule has 1 aliphatic rings. The van der Waals surface area contributed by atoms with Crippen molar-refractivity contribution in [2.24, 2.45) is 4.99 Å². The van der Waals surface area contributed by atoms with Crippen LogP contribution in [0.3, 0.4) is 0 Å². The van der Waals surface area contributed by atoms with Gasteiger partial charge in [0.15, 0.2) is 5.96 Å². The van der Waals surface area contributed by atoms with Gasteiger partial charge in [0, 0.05) is 51.7 Å². The Morgan fingerprint density at radius 2 is 1.77 bits per heavy atom. The average molecular weight is 541 g/mol. The molecule has 1 amide bonds. The first-order valence-electron chi connectivity index (χ1n) is 10.2. The lowest BCUT2D eigenvalue weighted by atomic mass is 10.1. The van der Waals surface area contributed by atoms with Crippen LogP contribution in [0, 0.1) is 5.82 Å². The molecule has 0 unspecified atom stereocenters. The van der Waals surface area contributed by atoms with Crippen LogP contribution in [0.4, 0.5) is 10.3 Å². The van der Waals surface area contributed by atoms with Crippen LogP contribution in [0.25, 0.3) is 0 Å². The molecule has 0 radical (unpaired) electrons. The largest absolute Gasteiger partial charge is 0.357 e. The van der Waals surface area contributed by atoms with Gasteiger partial charge in [-0.2, -0.15) is 0 Å². The third-order valence-corrected chi connectivity index (χ3v) is 4.72. The van der Waals surface area contributed by atoms with Crippen molar-refractivity contribution in [3.05, 3.63) is 54.1 Å². The minimum Gasteiger partial charge on any atom is -0.357 e. The van der Waals surface area contributed by atoms with Crippen LogP contribution in [0.1, 0.15) is 12.5 Å². The Hall–Kier alpha value is -2.50. The van der Waals surface area contributed by atoms with E-state index in [2.05, 4.69) is 35.4 Å². The standard InChI is InChI=1S/C21H28FN7O.HI/c1-2-23-20(28-12-14-29(15-13-28)21-25-8-3-9-26-21)27-11-10-24-19(30)16-17-4-6-18(22)7-5-17;/h3-9H,2,10-16H2,1H3,(H,23,27)(H,24,30);1H. The van der Waals surface area contributed by atoms with Crippen molar-refractivity contribution in [1.29, 1.82) is 0 Å². The van der Waals surface area contributed by atoms with E-state index in [0.29, 0.717) is 13.1 Å². The number of carbonyl (C=O) groups is 1. The van der Waals surface area contributed by atoms with Gasteiger partial charge in [-0.25, -0.2) is 14.4 Å². The molecule has 0 aliphatic carbocycles. The molecule has 1 fully saturated rings. The number of amides is 1. The number of benzene rings is 1. The van der Waals surface area contributed by atoms with E-state index in [1.54, 1.807) is 24.5 Å². The third kappa shape index (κ3) is 7.93. The van der Waals surface area contributed by atoms with Gasteiger partial charge in [0.1, 0.15) is 5.82 Å². The molecule has 1 aromatic carbocycles. The van der Waals surface area contributed by atoms with Crippen LogP contribution < -0.4 is 15.5 Å². The monoisotopic (exact) mass is 541 g/mol. The van der Waals surface area contributed by atoms with Gasteiger partial charge >= 0.3 is 0 Å². The second-order valence-electron chi connectivity index (χ2n) is 6.91. The molecule has 0 bridgehead atoms. The first-order chi connectivity index (χ1) is 14.7. The number of carbonyl (C=O) groups excluding carboxylic acids is 1. The van der Waals surface area contributed by atoms with Gasteiger partial charge in [0.25, 0.3) is 0 Å². The number of nitrogens with zero attached hydrogens (tertiary/aromatic N) is 5. The Kier molecular flexibility index (Phi) is 10.4. The maximum absolute atomic E-state index is 12.9. The van der Waals surface area contributed by atoms with E-state index in [0.717, 1.165) is 50.2 Å². The van der Waals surface area contributed by atoms with Crippen molar-refractivity contribution in [3.63, 3.8) is 0 Å². The number of aromatic nitrogens is 2. The van der Waals surface area contributed by atoms with Crippen molar-refractivity contribution < 1.29 is 9.18 Å². The fraction of sp³-hybridized carbons (Fsp3) is 0.429. The Morgan fingerprint density at radius 1 is 1.10 bits per heavy atom. The summed E-state index contributed by atoms with van der Waals surface area (Å²) in [4.78, 5) is 29.7. The number of guanidine groups is 1. The lowest BCUT2D eigenvalue weighted by molar-refractivity contribution is -0.120. The fourth-order valence-corrected chi connectivity index (χ4v) is 3.21. The summed E-state index contributed by atoms with van der Waals surface area (Å²) in [7, 11) is 0. The van der Waals surface area contributed by atoms with Crippen molar-refractivity contribution in [1.82, 2.24) is 25.5 Å². The predicted octanol–water partition coefficient (Wildman–Crippen LogP) is 1.68. The molecule has 1 saturated heterocycles. The summed E-state index contributed by atoms with van der Waals surface area (Å²) < 4.78 is 12.9. The van der Waals surface area contributed by atoms with E-state index in [4.69, 9.17) is 0 Å². The topological polar surface area (TPSA) is 85.8 Å². The van der Waals surface area contributed by atoms with Crippen molar-refractivity contribution >= 4 is 41.8 Å². The zero-order valence-corrected chi connectivity index (χ0v) is 20.0. The van der Waals surface area contributed by atoms with Gasteiger partial charge in [-0.15, -0.1) is 24.0 Å². The SMILES string of the molecule is CCNC(=NCCNC(=O)Cc1ccc(F)cc1)N1CCN(c2ncccn2)CC1.I. The Morgan fingerprint density at radius 3 is 2.42 bits per heavy atom. The Bertz CT molecular complexity index is 827. The summed E-state index contributed by atoms with van der Waals surface area (Å²) in [6, 6.07) is 7.78. The number of rotatable bonds is 7. The molecule has 0 spiro atoms. The van der Waals surface area contributed by atoms with Crippen LogP contribution in [0.5, 0.6) is 0 Å². The van der Waals surface area contributed by atoms with Crippen LogP contribution >= 0.6 is 24.0 Å². The van der Waals surface area contributed by atoms with Crippen molar-refractivity contribution in [2.45, 2.75) is 13.3 Å². The number of anilines is 1. The molecule has 2 heterocycles. The van der Waals surface area contributed by atoms with Gasteiger partial charge in [-0.05, 0) is 30.7 Å². The highest BCUT2D eigenvalue weighted by Crippen LogP contribution is 2.09. The summed E-state index contributed by atoms with van der Waals surface area (Å²) in [6.45, 7) is 7.03. The molecule has 1 aliphatic heterocycles. The molecule has 2 aromatic rings. The molecule has 8 nitrogen and oxygen atoms in total. The summed E-state index contributed by atoms with van der Waals surface area (Å²) in [5, 5.41) is 6.18. The number of piperazine rings is 1. The number of halogens is 2. The molecule has 31 heavy (non-hydrogen) atoms. The highest BCUT2D eigenvalue weighted by atomic mass is 127. The van der Waals surface area contributed by atoms with Gasteiger partial charge in [0.05, 0.1) is 13.0 Å². The molecule has 1 aromatic heterocycles. The summed E-state index contributed by atoms with van der Waals surface area (Å²) >= 11 is 0. The molecule has 0 atom stereocenters. The van der Waals surface area contributed by atoms with Crippen LogP contribution in [0.2, 0.25) is 0 Å². The molecule has 168 valence electrons. The van der Waals surface area contributed by atoms with Crippen LogP contribution in [-0.2, 0) is 11.2 Å². The molecule has 10 heteroatoms. The first kappa shape index (κ1) is 24.8. The van der Waals surface area contributed by atoms with Gasteiger partial charge in [0.2, 0.25) is 11.9 Å². The van der Waals surface area contributed by atoms with E-state index in [1.807, 2.05) is 13.0 Å². The van der Waals surface area contributed by atoms with Gasteiger partial charge < -0.3 is 20.4 Å². The minimum absolute atomic E-state index is 0. The Labute approximate surface area is 199 Å². The smallest absolute Gasteiger partial charge is 0.225 e. The molecular weight excluding hydrogens is 512 g/mol. The van der Waals surface area contributed by atoms with Gasteiger partial charge in [-0.1, -0.05) is 12.1 Å². The second-order valence-corrected chi connectivity index (χ2v) is 6.91. The van der Waals surface area contributed by atoms with Crippen molar-refractivity contribution in [2.75, 3.05) is 50.7 Å². The van der Waals surface area contributed by atoms with Crippen molar-refractivity contribution in [3.8, 4) is 0 Å².